The van der Waals surface area contributed by atoms with Gasteiger partial charge in [0.2, 0.25) is 0 Å². The van der Waals surface area contributed by atoms with E-state index < -0.39 is 0 Å². The first-order valence-electron chi connectivity index (χ1n) is 6.35. The molecule has 0 heterocycles. The number of aliphatic hydroxyl groups excluding tert-OH is 1. The van der Waals surface area contributed by atoms with Crippen LogP contribution in [0.4, 0.5) is 0 Å². The summed E-state index contributed by atoms with van der Waals surface area (Å²) in [6, 6.07) is 5.87. The average Bonchev–Trinajstić information content (AvgIpc) is 2.42. The lowest BCUT2D eigenvalue weighted by atomic mass is 10.2. The first-order chi connectivity index (χ1) is 9.06. The number of aliphatic hydroxyl groups is 1. The van der Waals surface area contributed by atoms with Crippen molar-refractivity contribution in [3.63, 3.8) is 0 Å². The molecule has 0 aliphatic rings. The molecule has 0 aliphatic heterocycles. The molecule has 0 fully saturated rings. The zero-order valence-electron chi connectivity index (χ0n) is 11.9. The van der Waals surface area contributed by atoms with Crippen molar-refractivity contribution in [1.82, 2.24) is 5.32 Å². The van der Waals surface area contributed by atoms with Gasteiger partial charge in [0.15, 0.2) is 11.5 Å². The predicted octanol–water partition coefficient (Wildman–Crippen LogP) is 2.12. The number of hydrogen-bond donors (Lipinski definition) is 2. The van der Waals surface area contributed by atoms with Crippen molar-refractivity contribution in [2.24, 2.45) is 0 Å². The largest absolute Gasteiger partial charge is 0.493 e. The van der Waals surface area contributed by atoms with Crippen LogP contribution in [0.5, 0.6) is 11.5 Å². The molecule has 1 rings (SSSR count). The van der Waals surface area contributed by atoms with E-state index in [4.69, 9.17) is 14.6 Å². The maximum atomic E-state index is 8.98. The average molecular weight is 265 g/mol. The zero-order chi connectivity index (χ0) is 14.3. The van der Waals surface area contributed by atoms with E-state index >= 15 is 0 Å². The number of rotatable bonds is 8. The van der Waals surface area contributed by atoms with Gasteiger partial charge in [0.25, 0.3) is 0 Å². The van der Waals surface area contributed by atoms with Gasteiger partial charge in [0.05, 0.1) is 13.7 Å². The Hall–Kier alpha value is -1.52. The summed E-state index contributed by atoms with van der Waals surface area (Å²) in [6.07, 6.45) is 0. The Labute approximate surface area is 115 Å². The molecule has 4 nitrogen and oxygen atoms in total. The number of methoxy groups -OCH3 is 1. The third kappa shape index (κ3) is 5.32. The standard InChI is InChI=1S/C15H23NO3/c1-11(2)10-19-15-7-13(5-6-14(15)18-4)8-16-12(3)9-17/h5-7,12,16-17H,1,8-10H2,2-4H3/t12-/m1/s1. The molecule has 0 bridgehead atoms. The molecule has 1 atom stereocenters. The molecule has 0 saturated heterocycles. The van der Waals surface area contributed by atoms with Gasteiger partial charge in [-0.25, -0.2) is 0 Å². The molecule has 0 saturated carbocycles. The van der Waals surface area contributed by atoms with Crippen LogP contribution >= 0.6 is 0 Å². The minimum Gasteiger partial charge on any atom is -0.493 e. The molecule has 2 N–H and O–H groups in total. The van der Waals surface area contributed by atoms with E-state index in [-0.39, 0.29) is 12.6 Å². The molecule has 4 heteroatoms. The maximum absolute atomic E-state index is 8.98. The van der Waals surface area contributed by atoms with Crippen molar-refractivity contribution in [2.45, 2.75) is 26.4 Å². The Morgan fingerprint density at radius 1 is 1.42 bits per heavy atom. The summed E-state index contributed by atoms with van der Waals surface area (Å²) in [7, 11) is 1.62. The Kier molecular flexibility index (Phi) is 6.39. The summed E-state index contributed by atoms with van der Waals surface area (Å²) in [6.45, 7) is 8.93. The molecule has 19 heavy (non-hydrogen) atoms. The minimum atomic E-state index is 0.0712. The van der Waals surface area contributed by atoms with Crippen LogP contribution in [-0.2, 0) is 6.54 Å². The van der Waals surface area contributed by atoms with Gasteiger partial charge in [-0.15, -0.1) is 0 Å². The molecular formula is C15H23NO3. The van der Waals surface area contributed by atoms with Gasteiger partial charge in [-0.1, -0.05) is 12.6 Å². The van der Waals surface area contributed by atoms with Crippen molar-refractivity contribution in [1.29, 1.82) is 0 Å². The number of ether oxygens (including phenoxy) is 2. The highest BCUT2D eigenvalue weighted by Gasteiger charge is 2.07. The van der Waals surface area contributed by atoms with Crippen LogP contribution in [0.25, 0.3) is 0 Å². The maximum Gasteiger partial charge on any atom is 0.161 e. The van der Waals surface area contributed by atoms with E-state index in [9.17, 15) is 0 Å². The normalized spacial score (nSPS) is 12.0. The van der Waals surface area contributed by atoms with Crippen LogP contribution in [0.1, 0.15) is 19.4 Å². The fourth-order valence-corrected chi connectivity index (χ4v) is 1.50. The summed E-state index contributed by atoms with van der Waals surface area (Å²) < 4.78 is 10.9. The monoisotopic (exact) mass is 265 g/mol. The minimum absolute atomic E-state index is 0.0712. The van der Waals surface area contributed by atoms with E-state index in [0.717, 1.165) is 11.1 Å². The first kappa shape index (κ1) is 15.5. The highest BCUT2D eigenvalue weighted by atomic mass is 16.5. The van der Waals surface area contributed by atoms with Crippen LogP contribution in [0, 0.1) is 0 Å². The molecule has 0 spiro atoms. The summed E-state index contributed by atoms with van der Waals surface area (Å²) >= 11 is 0. The Morgan fingerprint density at radius 2 is 2.16 bits per heavy atom. The third-order valence-corrected chi connectivity index (χ3v) is 2.63. The SMILES string of the molecule is C=C(C)COc1cc(CN[C@H](C)CO)ccc1OC. The Balaban J connectivity index is 2.73. The van der Waals surface area contributed by atoms with Crippen LogP contribution in [0.2, 0.25) is 0 Å². The summed E-state index contributed by atoms with van der Waals surface area (Å²) in [5.74, 6) is 1.42. The molecule has 0 amide bonds. The van der Waals surface area contributed by atoms with Crippen molar-refractivity contribution >= 4 is 0 Å². The van der Waals surface area contributed by atoms with E-state index in [1.807, 2.05) is 32.0 Å². The van der Waals surface area contributed by atoms with E-state index in [2.05, 4.69) is 11.9 Å². The van der Waals surface area contributed by atoms with Gasteiger partial charge in [0, 0.05) is 12.6 Å². The van der Waals surface area contributed by atoms with Gasteiger partial charge in [-0.05, 0) is 37.1 Å². The molecule has 0 unspecified atom stereocenters. The molecular weight excluding hydrogens is 242 g/mol. The van der Waals surface area contributed by atoms with Crippen LogP contribution in [0.3, 0.4) is 0 Å². The topological polar surface area (TPSA) is 50.7 Å². The van der Waals surface area contributed by atoms with Gasteiger partial charge in [-0.3, -0.25) is 0 Å². The van der Waals surface area contributed by atoms with E-state index in [0.29, 0.717) is 24.7 Å². The number of hydrogen-bond acceptors (Lipinski definition) is 4. The quantitative estimate of drug-likeness (QED) is 0.707. The number of nitrogens with one attached hydrogen (secondary N) is 1. The fraction of sp³-hybridized carbons (Fsp3) is 0.467. The lowest BCUT2D eigenvalue weighted by Crippen LogP contribution is -2.28. The van der Waals surface area contributed by atoms with Crippen molar-refractivity contribution < 1.29 is 14.6 Å². The smallest absolute Gasteiger partial charge is 0.161 e. The van der Waals surface area contributed by atoms with Gasteiger partial charge in [-0.2, -0.15) is 0 Å². The fourth-order valence-electron chi connectivity index (χ4n) is 1.50. The molecule has 106 valence electrons. The molecule has 0 aromatic heterocycles. The summed E-state index contributed by atoms with van der Waals surface area (Å²) in [4.78, 5) is 0. The Bertz CT molecular complexity index is 418. The highest BCUT2D eigenvalue weighted by molar-refractivity contribution is 5.43. The van der Waals surface area contributed by atoms with Crippen molar-refractivity contribution in [2.75, 3.05) is 20.3 Å². The van der Waals surface area contributed by atoms with Gasteiger partial charge >= 0.3 is 0 Å². The molecule has 1 aromatic rings. The first-order valence-corrected chi connectivity index (χ1v) is 6.35. The van der Waals surface area contributed by atoms with Crippen molar-refractivity contribution in [3.8, 4) is 11.5 Å². The second-order valence-corrected chi connectivity index (χ2v) is 4.70. The molecule has 1 aromatic carbocycles. The van der Waals surface area contributed by atoms with Crippen LogP contribution in [0.15, 0.2) is 30.4 Å². The molecule has 0 aliphatic carbocycles. The van der Waals surface area contributed by atoms with Crippen molar-refractivity contribution in [3.05, 3.63) is 35.9 Å². The second-order valence-electron chi connectivity index (χ2n) is 4.70. The highest BCUT2D eigenvalue weighted by Crippen LogP contribution is 2.28. The van der Waals surface area contributed by atoms with Crippen LogP contribution < -0.4 is 14.8 Å². The van der Waals surface area contributed by atoms with E-state index in [1.54, 1.807) is 7.11 Å². The Morgan fingerprint density at radius 3 is 2.74 bits per heavy atom. The summed E-state index contributed by atoms with van der Waals surface area (Å²) in [5.41, 5.74) is 2.04. The van der Waals surface area contributed by atoms with Crippen LogP contribution in [-0.4, -0.2) is 31.5 Å². The van der Waals surface area contributed by atoms with Gasteiger partial charge in [0.1, 0.15) is 6.61 Å². The zero-order valence-corrected chi connectivity index (χ0v) is 11.9. The summed E-state index contributed by atoms with van der Waals surface area (Å²) in [5, 5.41) is 12.2. The predicted molar refractivity (Wildman–Crippen MR) is 76.7 cm³/mol. The third-order valence-electron chi connectivity index (χ3n) is 2.63. The lowest BCUT2D eigenvalue weighted by molar-refractivity contribution is 0.251. The van der Waals surface area contributed by atoms with E-state index in [1.165, 1.54) is 0 Å². The lowest BCUT2D eigenvalue weighted by Gasteiger charge is -2.14. The number of benzene rings is 1. The molecule has 0 radical (unpaired) electrons. The van der Waals surface area contributed by atoms with Gasteiger partial charge < -0.3 is 19.9 Å². The second kappa shape index (κ2) is 7.81.